The van der Waals surface area contributed by atoms with Crippen molar-refractivity contribution in [1.82, 2.24) is 4.98 Å². The summed E-state index contributed by atoms with van der Waals surface area (Å²) in [6.45, 7) is 2.40. The van der Waals surface area contributed by atoms with Gasteiger partial charge in [-0.25, -0.2) is 0 Å². The molecule has 1 aliphatic rings. The van der Waals surface area contributed by atoms with Crippen molar-refractivity contribution in [2.24, 2.45) is 0 Å². The number of pyridine rings is 1. The highest BCUT2D eigenvalue weighted by Crippen LogP contribution is 2.36. The van der Waals surface area contributed by atoms with E-state index in [2.05, 4.69) is 10.3 Å². The van der Waals surface area contributed by atoms with Gasteiger partial charge in [0.1, 0.15) is 18.1 Å². The molecule has 2 aromatic carbocycles. The first-order valence-electron chi connectivity index (χ1n) is 9.63. The molecule has 30 heavy (non-hydrogen) atoms. The van der Waals surface area contributed by atoms with E-state index in [1.807, 2.05) is 30.3 Å². The normalized spacial score (nSPS) is 15.2. The van der Waals surface area contributed by atoms with E-state index in [1.54, 1.807) is 48.4 Å². The fourth-order valence-electron chi connectivity index (χ4n) is 3.19. The van der Waals surface area contributed by atoms with Gasteiger partial charge in [0, 0.05) is 18.1 Å². The molecule has 0 spiro atoms. The van der Waals surface area contributed by atoms with Crippen LogP contribution in [0.2, 0.25) is 0 Å². The molecule has 3 aromatic rings. The highest BCUT2D eigenvalue weighted by molar-refractivity contribution is 6.05. The Morgan fingerprint density at radius 3 is 2.77 bits per heavy atom. The highest BCUT2D eigenvalue weighted by Gasteiger charge is 2.31. The molecule has 2 amide bonds. The molecule has 1 aromatic heterocycles. The summed E-state index contributed by atoms with van der Waals surface area (Å²) in [5, 5.41) is 2.83. The smallest absolute Gasteiger partial charge is 0.267 e. The number of para-hydroxylation sites is 1. The van der Waals surface area contributed by atoms with Gasteiger partial charge in [-0.05, 0) is 49.4 Å². The number of rotatable bonds is 6. The molecule has 152 valence electrons. The predicted octanol–water partition coefficient (Wildman–Crippen LogP) is 3.53. The van der Waals surface area contributed by atoms with Gasteiger partial charge in [-0.2, -0.15) is 0 Å². The molecule has 2 heterocycles. The Kier molecular flexibility index (Phi) is 5.61. The summed E-state index contributed by atoms with van der Waals surface area (Å²) in [6.07, 6.45) is 2.51. The summed E-state index contributed by atoms with van der Waals surface area (Å²) in [5.41, 5.74) is 1.60. The molecule has 1 unspecified atom stereocenters. The Labute approximate surface area is 174 Å². The van der Waals surface area contributed by atoms with Gasteiger partial charge < -0.3 is 19.7 Å². The van der Waals surface area contributed by atoms with Crippen LogP contribution in [0.1, 0.15) is 17.3 Å². The fraction of sp³-hybridized carbons (Fsp3) is 0.174. The number of benzene rings is 2. The van der Waals surface area contributed by atoms with E-state index in [0.29, 0.717) is 35.8 Å². The molecule has 0 fully saturated rings. The number of hydrogen-bond acceptors (Lipinski definition) is 5. The van der Waals surface area contributed by atoms with Gasteiger partial charge in [0.15, 0.2) is 6.10 Å². The minimum atomic E-state index is -0.593. The molecule has 7 heteroatoms. The third-order valence-electron chi connectivity index (χ3n) is 4.68. The Balaban J connectivity index is 1.51. The van der Waals surface area contributed by atoms with Gasteiger partial charge in [-0.15, -0.1) is 0 Å². The lowest BCUT2D eigenvalue weighted by Crippen LogP contribution is -2.46. The van der Waals surface area contributed by atoms with Gasteiger partial charge in [-0.1, -0.05) is 18.2 Å². The Morgan fingerprint density at radius 1 is 1.17 bits per heavy atom. The zero-order chi connectivity index (χ0) is 20.9. The maximum Gasteiger partial charge on any atom is 0.267 e. The van der Waals surface area contributed by atoms with Crippen molar-refractivity contribution < 1.29 is 19.1 Å². The topological polar surface area (TPSA) is 80.8 Å². The number of fused-ring (bicyclic) bond motifs is 1. The van der Waals surface area contributed by atoms with Crippen LogP contribution >= 0.6 is 0 Å². The van der Waals surface area contributed by atoms with E-state index < -0.39 is 6.10 Å². The number of carbonyl (C=O) groups excluding carboxylic acids is 2. The Bertz CT molecular complexity index is 1040. The SMILES string of the molecule is CC1Oc2ccc(NC(=O)c3cccnc3)cc2N(CCOc2ccccc2)C1=O. The third-order valence-corrected chi connectivity index (χ3v) is 4.68. The molecule has 4 rings (SSSR count). The first-order valence-corrected chi connectivity index (χ1v) is 9.63. The van der Waals surface area contributed by atoms with Crippen molar-refractivity contribution >= 4 is 23.2 Å². The van der Waals surface area contributed by atoms with Crippen LogP contribution in [0.15, 0.2) is 73.1 Å². The minimum absolute atomic E-state index is 0.158. The number of amides is 2. The molecule has 0 saturated carbocycles. The molecule has 0 radical (unpaired) electrons. The van der Waals surface area contributed by atoms with Gasteiger partial charge in [-0.3, -0.25) is 14.6 Å². The van der Waals surface area contributed by atoms with Crippen LogP contribution in [0, 0.1) is 0 Å². The van der Waals surface area contributed by atoms with Crippen molar-refractivity contribution in [2.45, 2.75) is 13.0 Å². The van der Waals surface area contributed by atoms with Crippen LogP contribution in [0.3, 0.4) is 0 Å². The zero-order valence-electron chi connectivity index (χ0n) is 16.4. The average Bonchev–Trinajstić information content (AvgIpc) is 2.78. The lowest BCUT2D eigenvalue weighted by molar-refractivity contribution is -0.125. The van der Waals surface area contributed by atoms with Crippen LogP contribution in [-0.4, -0.2) is 36.1 Å². The molecular formula is C23H21N3O4. The summed E-state index contributed by atoms with van der Waals surface area (Å²) >= 11 is 0. The average molecular weight is 403 g/mol. The van der Waals surface area contributed by atoms with Crippen LogP contribution < -0.4 is 19.7 Å². The van der Waals surface area contributed by atoms with Crippen molar-refractivity contribution in [2.75, 3.05) is 23.4 Å². The number of aromatic nitrogens is 1. The lowest BCUT2D eigenvalue weighted by atomic mass is 10.1. The predicted molar refractivity (Wildman–Crippen MR) is 113 cm³/mol. The third kappa shape index (κ3) is 4.25. The maximum absolute atomic E-state index is 12.7. The van der Waals surface area contributed by atoms with E-state index in [0.717, 1.165) is 5.75 Å². The number of anilines is 2. The van der Waals surface area contributed by atoms with Gasteiger partial charge in [0.2, 0.25) is 0 Å². The van der Waals surface area contributed by atoms with Gasteiger partial charge in [0.25, 0.3) is 11.8 Å². The summed E-state index contributed by atoms with van der Waals surface area (Å²) in [4.78, 5) is 30.8. The summed E-state index contributed by atoms with van der Waals surface area (Å²) in [6, 6.07) is 18.0. The summed E-state index contributed by atoms with van der Waals surface area (Å²) in [7, 11) is 0. The van der Waals surface area contributed by atoms with Crippen LogP contribution in [0.4, 0.5) is 11.4 Å². The minimum Gasteiger partial charge on any atom is -0.492 e. The van der Waals surface area contributed by atoms with E-state index in [9.17, 15) is 9.59 Å². The Morgan fingerprint density at radius 2 is 2.00 bits per heavy atom. The number of ether oxygens (including phenoxy) is 2. The maximum atomic E-state index is 12.7. The van der Waals surface area contributed by atoms with Gasteiger partial charge in [0.05, 0.1) is 17.8 Å². The van der Waals surface area contributed by atoms with Crippen molar-refractivity contribution in [1.29, 1.82) is 0 Å². The van der Waals surface area contributed by atoms with Crippen molar-refractivity contribution in [3.63, 3.8) is 0 Å². The Hall–Kier alpha value is -3.87. The first kappa shape index (κ1) is 19.4. The summed E-state index contributed by atoms with van der Waals surface area (Å²) in [5.74, 6) is 0.887. The second-order valence-corrected chi connectivity index (χ2v) is 6.79. The molecule has 1 aliphatic heterocycles. The molecule has 7 nitrogen and oxygen atoms in total. The number of nitrogens with zero attached hydrogens (tertiary/aromatic N) is 2. The van der Waals surface area contributed by atoms with E-state index in [4.69, 9.17) is 9.47 Å². The second kappa shape index (κ2) is 8.65. The van der Waals surface area contributed by atoms with Crippen LogP contribution in [0.25, 0.3) is 0 Å². The second-order valence-electron chi connectivity index (χ2n) is 6.79. The monoisotopic (exact) mass is 403 g/mol. The number of nitrogens with one attached hydrogen (secondary N) is 1. The quantitative estimate of drug-likeness (QED) is 0.681. The highest BCUT2D eigenvalue weighted by atomic mass is 16.5. The molecular weight excluding hydrogens is 382 g/mol. The van der Waals surface area contributed by atoms with Crippen LogP contribution in [0.5, 0.6) is 11.5 Å². The standard InChI is InChI=1S/C23H21N3O4/c1-16-23(28)26(12-13-29-19-7-3-2-4-8-19)20-14-18(9-10-21(20)30-16)25-22(27)17-6-5-11-24-15-17/h2-11,14-16H,12-13H2,1H3,(H,25,27). The van der Waals surface area contributed by atoms with Crippen molar-refractivity contribution in [3.8, 4) is 11.5 Å². The van der Waals surface area contributed by atoms with E-state index in [-0.39, 0.29) is 11.8 Å². The number of hydrogen-bond donors (Lipinski definition) is 1. The lowest BCUT2D eigenvalue weighted by Gasteiger charge is -2.33. The van der Waals surface area contributed by atoms with E-state index in [1.165, 1.54) is 6.20 Å². The van der Waals surface area contributed by atoms with E-state index >= 15 is 0 Å². The first-order chi connectivity index (χ1) is 14.6. The fourth-order valence-corrected chi connectivity index (χ4v) is 3.19. The molecule has 1 atom stereocenters. The molecule has 0 aliphatic carbocycles. The number of carbonyl (C=O) groups is 2. The zero-order valence-corrected chi connectivity index (χ0v) is 16.4. The summed E-state index contributed by atoms with van der Waals surface area (Å²) < 4.78 is 11.5. The molecule has 1 N–H and O–H groups in total. The van der Waals surface area contributed by atoms with Crippen molar-refractivity contribution in [3.05, 3.63) is 78.6 Å². The largest absolute Gasteiger partial charge is 0.492 e. The molecule has 0 saturated heterocycles. The van der Waals surface area contributed by atoms with Gasteiger partial charge >= 0.3 is 0 Å². The molecule has 0 bridgehead atoms. The van der Waals surface area contributed by atoms with Crippen LogP contribution in [-0.2, 0) is 4.79 Å².